The maximum absolute atomic E-state index is 14.2. The maximum Gasteiger partial charge on any atom is 0.348 e. The van der Waals surface area contributed by atoms with Gasteiger partial charge in [0.1, 0.15) is 11.6 Å². The molecule has 1 aliphatic heterocycles. The molecule has 0 saturated carbocycles. The number of piperidine rings is 1. The van der Waals surface area contributed by atoms with Crippen LogP contribution < -0.4 is 5.69 Å². The Kier molecular flexibility index (Phi) is 6.06. The Hall–Kier alpha value is -2.78. The van der Waals surface area contributed by atoms with Crippen molar-refractivity contribution in [3.63, 3.8) is 0 Å². The minimum Gasteiger partial charge on any atom is -0.246 e. The molecule has 9 heteroatoms. The largest absolute Gasteiger partial charge is 0.348 e. The highest BCUT2D eigenvalue weighted by Crippen LogP contribution is 2.25. The van der Waals surface area contributed by atoms with Gasteiger partial charge in [-0.15, -0.1) is 0 Å². The number of nitrogens with one attached hydrogen (secondary N) is 1. The molecule has 3 aromatic rings. The fourth-order valence-corrected chi connectivity index (χ4v) is 5.55. The Morgan fingerprint density at radius 3 is 2.45 bits per heavy atom. The van der Waals surface area contributed by atoms with Crippen molar-refractivity contribution in [2.75, 3.05) is 13.1 Å². The van der Waals surface area contributed by atoms with E-state index in [1.807, 2.05) is 31.2 Å². The van der Waals surface area contributed by atoms with E-state index in [2.05, 4.69) is 10.2 Å². The molecule has 1 saturated heterocycles. The smallest absolute Gasteiger partial charge is 0.246 e. The Morgan fingerprint density at radius 1 is 1.10 bits per heavy atom. The number of aromatic amines is 1. The molecule has 1 aliphatic rings. The van der Waals surface area contributed by atoms with Gasteiger partial charge in [0, 0.05) is 19.5 Å². The van der Waals surface area contributed by atoms with Crippen molar-refractivity contribution < 1.29 is 12.8 Å². The number of rotatable bonds is 6. The molecule has 0 bridgehead atoms. The van der Waals surface area contributed by atoms with Crippen LogP contribution in [0.5, 0.6) is 0 Å². The van der Waals surface area contributed by atoms with Crippen LogP contribution in [0.25, 0.3) is 5.69 Å². The molecule has 1 fully saturated rings. The van der Waals surface area contributed by atoms with Crippen molar-refractivity contribution in [1.29, 1.82) is 0 Å². The predicted octanol–water partition coefficient (Wildman–Crippen LogP) is 2.79. The number of sulfonamides is 1. The molecule has 2 heterocycles. The van der Waals surface area contributed by atoms with Crippen LogP contribution in [-0.2, 0) is 22.2 Å². The lowest BCUT2D eigenvalue weighted by atomic mass is 9.94. The summed E-state index contributed by atoms with van der Waals surface area (Å²) in [5.41, 5.74) is 1.54. The third kappa shape index (κ3) is 4.77. The summed E-state index contributed by atoms with van der Waals surface area (Å²) < 4.78 is 42.6. The summed E-state index contributed by atoms with van der Waals surface area (Å²) in [5, 5.41) is 6.49. The third-order valence-corrected chi connectivity index (χ3v) is 7.59. The van der Waals surface area contributed by atoms with Gasteiger partial charge in [-0.1, -0.05) is 42.0 Å². The van der Waals surface area contributed by atoms with Gasteiger partial charge < -0.3 is 0 Å². The van der Waals surface area contributed by atoms with E-state index in [-0.39, 0.29) is 17.4 Å². The van der Waals surface area contributed by atoms with Crippen LogP contribution >= 0.6 is 0 Å². The maximum atomic E-state index is 14.2. The SMILES string of the molecule is Cc1ccc(CS(=O)(=O)N2CCC(Cc3n[nH]c(=O)n3-c3ccccc3F)CC2)cc1. The van der Waals surface area contributed by atoms with Crippen molar-refractivity contribution in [2.45, 2.75) is 31.9 Å². The number of hydrogen-bond acceptors (Lipinski definition) is 4. The number of H-pyrrole nitrogens is 1. The number of benzene rings is 2. The summed E-state index contributed by atoms with van der Waals surface area (Å²) in [5.74, 6) is 0.108. The van der Waals surface area contributed by atoms with Crippen LogP contribution in [0, 0.1) is 18.7 Å². The van der Waals surface area contributed by atoms with Gasteiger partial charge in [-0.2, -0.15) is 5.10 Å². The van der Waals surface area contributed by atoms with Gasteiger partial charge in [0.25, 0.3) is 0 Å². The van der Waals surface area contributed by atoms with Gasteiger partial charge in [-0.05, 0) is 43.4 Å². The fourth-order valence-electron chi connectivity index (χ4n) is 3.98. The van der Waals surface area contributed by atoms with E-state index < -0.39 is 21.5 Å². The first-order valence-electron chi connectivity index (χ1n) is 10.3. The highest BCUT2D eigenvalue weighted by atomic mass is 32.2. The van der Waals surface area contributed by atoms with Crippen LogP contribution in [0.1, 0.15) is 29.8 Å². The lowest BCUT2D eigenvalue weighted by molar-refractivity contribution is 0.269. The van der Waals surface area contributed by atoms with Crippen LogP contribution in [0.2, 0.25) is 0 Å². The van der Waals surface area contributed by atoms with Gasteiger partial charge in [0.05, 0.1) is 11.4 Å². The second kappa shape index (κ2) is 8.76. The van der Waals surface area contributed by atoms with Crippen molar-refractivity contribution in [3.05, 3.63) is 81.8 Å². The first-order chi connectivity index (χ1) is 14.8. The summed E-state index contributed by atoms with van der Waals surface area (Å²) in [4.78, 5) is 12.2. The van der Waals surface area contributed by atoms with E-state index in [0.29, 0.717) is 38.2 Å². The molecule has 164 valence electrons. The van der Waals surface area contributed by atoms with E-state index in [1.54, 1.807) is 12.1 Å². The fraction of sp³-hybridized carbons (Fsp3) is 0.364. The number of aromatic nitrogens is 3. The van der Waals surface area contributed by atoms with Crippen LogP contribution in [0.15, 0.2) is 53.3 Å². The Balaban J connectivity index is 1.42. The number of halogens is 1. The van der Waals surface area contributed by atoms with Gasteiger partial charge in [-0.3, -0.25) is 0 Å². The highest BCUT2D eigenvalue weighted by molar-refractivity contribution is 7.88. The van der Waals surface area contributed by atoms with Gasteiger partial charge in [-0.25, -0.2) is 31.6 Å². The first kappa shape index (κ1) is 21.5. The quantitative estimate of drug-likeness (QED) is 0.633. The van der Waals surface area contributed by atoms with Crippen LogP contribution in [0.3, 0.4) is 0 Å². The summed E-state index contributed by atoms with van der Waals surface area (Å²) in [6.45, 7) is 2.81. The van der Waals surface area contributed by atoms with E-state index in [0.717, 1.165) is 11.1 Å². The number of para-hydroxylation sites is 1. The predicted molar refractivity (Wildman–Crippen MR) is 116 cm³/mol. The van der Waals surface area contributed by atoms with E-state index in [4.69, 9.17) is 0 Å². The first-order valence-corrected chi connectivity index (χ1v) is 11.9. The second-order valence-corrected chi connectivity index (χ2v) is 9.99. The molecule has 1 N–H and O–H groups in total. The summed E-state index contributed by atoms with van der Waals surface area (Å²) in [6.07, 6.45) is 1.79. The Labute approximate surface area is 180 Å². The average molecular weight is 445 g/mol. The number of aryl methyl sites for hydroxylation is 1. The highest BCUT2D eigenvalue weighted by Gasteiger charge is 2.29. The minimum absolute atomic E-state index is 0.00978. The van der Waals surface area contributed by atoms with Crippen LogP contribution in [-0.4, -0.2) is 40.6 Å². The lowest BCUT2D eigenvalue weighted by Crippen LogP contribution is -2.39. The van der Waals surface area contributed by atoms with E-state index in [1.165, 1.54) is 21.0 Å². The molecule has 31 heavy (non-hydrogen) atoms. The summed E-state index contributed by atoms with van der Waals surface area (Å²) in [6, 6.07) is 13.6. The zero-order valence-electron chi connectivity index (χ0n) is 17.3. The second-order valence-electron chi connectivity index (χ2n) is 8.02. The number of nitrogens with zero attached hydrogens (tertiary/aromatic N) is 3. The Morgan fingerprint density at radius 2 is 1.77 bits per heavy atom. The minimum atomic E-state index is -3.39. The van der Waals surface area contributed by atoms with Gasteiger partial charge in [0.2, 0.25) is 10.0 Å². The van der Waals surface area contributed by atoms with Crippen molar-refractivity contribution >= 4 is 10.0 Å². The standard InChI is InChI=1S/C22H25FN4O3S/c1-16-6-8-18(9-7-16)15-31(29,30)26-12-10-17(11-13-26)14-21-24-25-22(28)27(21)20-5-3-2-4-19(20)23/h2-9,17H,10-15H2,1H3,(H,25,28). The van der Waals surface area contributed by atoms with Crippen molar-refractivity contribution in [2.24, 2.45) is 5.92 Å². The molecular weight excluding hydrogens is 419 g/mol. The lowest BCUT2D eigenvalue weighted by Gasteiger charge is -2.31. The molecule has 0 unspecified atom stereocenters. The summed E-state index contributed by atoms with van der Waals surface area (Å²) >= 11 is 0. The molecule has 0 aliphatic carbocycles. The molecule has 4 rings (SSSR count). The zero-order valence-corrected chi connectivity index (χ0v) is 18.1. The monoisotopic (exact) mass is 444 g/mol. The zero-order chi connectivity index (χ0) is 22.0. The van der Waals surface area contributed by atoms with Gasteiger partial charge >= 0.3 is 5.69 Å². The normalized spacial score (nSPS) is 15.9. The molecule has 2 aromatic carbocycles. The molecule has 1 aromatic heterocycles. The molecule has 7 nitrogen and oxygen atoms in total. The molecule has 0 atom stereocenters. The average Bonchev–Trinajstić information content (AvgIpc) is 3.10. The number of hydrogen-bond donors (Lipinski definition) is 1. The van der Waals surface area contributed by atoms with E-state index in [9.17, 15) is 17.6 Å². The van der Waals surface area contributed by atoms with Gasteiger partial charge in [0.15, 0.2) is 0 Å². The molecule has 0 spiro atoms. The van der Waals surface area contributed by atoms with Crippen molar-refractivity contribution in [3.8, 4) is 5.69 Å². The van der Waals surface area contributed by atoms with Crippen LogP contribution in [0.4, 0.5) is 4.39 Å². The topological polar surface area (TPSA) is 88.1 Å². The molecule has 0 radical (unpaired) electrons. The molecular formula is C22H25FN4O3S. The van der Waals surface area contributed by atoms with E-state index >= 15 is 0 Å². The molecule has 0 amide bonds. The third-order valence-electron chi connectivity index (χ3n) is 5.74. The Bertz CT molecular complexity index is 1210. The van der Waals surface area contributed by atoms with Crippen molar-refractivity contribution in [1.82, 2.24) is 19.1 Å². The summed E-state index contributed by atoms with van der Waals surface area (Å²) in [7, 11) is -3.39.